The van der Waals surface area contributed by atoms with Crippen molar-refractivity contribution >= 4 is 11.9 Å². The van der Waals surface area contributed by atoms with E-state index in [-0.39, 0.29) is 75.8 Å². The van der Waals surface area contributed by atoms with E-state index in [1.165, 1.54) is 25.1 Å². The second-order valence-corrected chi connectivity index (χ2v) is 2.55. The van der Waals surface area contributed by atoms with Gasteiger partial charge in [0.2, 0.25) is 0 Å². The third-order valence-corrected chi connectivity index (χ3v) is 1.77. The van der Waals surface area contributed by atoms with Crippen molar-refractivity contribution in [2.75, 3.05) is 0 Å². The molecule has 0 aliphatic heterocycles. The number of rotatable bonds is 2. The number of hydrogen-bond donors (Lipinski definition) is 0. The number of carboxylic acids is 2. The van der Waals surface area contributed by atoms with E-state index in [4.69, 9.17) is 0 Å². The molecule has 0 aliphatic rings. The predicted molar refractivity (Wildman–Crippen MR) is 39.8 cm³/mol. The number of benzene rings is 1. The third kappa shape index (κ3) is 4.26. The molecular formula is C9H6Na2O4. The zero-order valence-corrected chi connectivity index (χ0v) is 12.9. The Kier molecular flexibility index (Phi) is 8.70. The Balaban J connectivity index is 0. The van der Waals surface area contributed by atoms with E-state index in [0.717, 1.165) is 0 Å². The largest absolute Gasteiger partial charge is 1.00 e. The minimum absolute atomic E-state index is 0. The van der Waals surface area contributed by atoms with E-state index < -0.39 is 11.9 Å². The van der Waals surface area contributed by atoms with Crippen molar-refractivity contribution < 1.29 is 78.9 Å². The van der Waals surface area contributed by atoms with Gasteiger partial charge in [0.1, 0.15) is 0 Å². The molecule has 0 heterocycles. The van der Waals surface area contributed by atoms with Crippen molar-refractivity contribution in [2.24, 2.45) is 0 Å². The van der Waals surface area contributed by atoms with Crippen LogP contribution in [0.1, 0.15) is 26.3 Å². The van der Waals surface area contributed by atoms with Crippen LogP contribution in [0.2, 0.25) is 0 Å². The Morgan fingerprint density at radius 3 is 1.60 bits per heavy atom. The topological polar surface area (TPSA) is 80.3 Å². The number of hydrogen-bond acceptors (Lipinski definition) is 4. The van der Waals surface area contributed by atoms with Crippen molar-refractivity contribution in [3.05, 3.63) is 34.9 Å². The van der Waals surface area contributed by atoms with Gasteiger partial charge in [-0.3, -0.25) is 0 Å². The Labute approximate surface area is 131 Å². The Morgan fingerprint density at radius 2 is 1.33 bits per heavy atom. The molecule has 0 amide bonds. The van der Waals surface area contributed by atoms with E-state index in [1.807, 2.05) is 0 Å². The summed E-state index contributed by atoms with van der Waals surface area (Å²) in [6, 6.07) is 3.91. The molecule has 1 aromatic rings. The minimum atomic E-state index is -1.39. The van der Waals surface area contributed by atoms with Gasteiger partial charge < -0.3 is 19.8 Å². The summed E-state index contributed by atoms with van der Waals surface area (Å²) in [5, 5.41) is 20.9. The smallest absolute Gasteiger partial charge is 0.545 e. The zero-order chi connectivity index (χ0) is 10.0. The van der Waals surface area contributed by atoms with Crippen molar-refractivity contribution in [3.8, 4) is 0 Å². The maximum Gasteiger partial charge on any atom is 1.00 e. The van der Waals surface area contributed by atoms with E-state index in [1.54, 1.807) is 0 Å². The van der Waals surface area contributed by atoms with Gasteiger partial charge in [0, 0.05) is 11.1 Å². The summed E-state index contributed by atoms with van der Waals surface area (Å²) >= 11 is 0. The Morgan fingerprint density at radius 1 is 1.00 bits per heavy atom. The van der Waals surface area contributed by atoms with Crippen molar-refractivity contribution in [1.29, 1.82) is 0 Å². The van der Waals surface area contributed by atoms with Crippen LogP contribution >= 0.6 is 0 Å². The van der Waals surface area contributed by atoms with E-state index in [0.29, 0.717) is 0 Å². The SMILES string of the molecule is Cc1c(C(=O)[O-])cccc1C(=O)[O-].[Na+].[Na+]. The number of carboxylic acid groups (broad SMARTS) is 2. The van der Waals surface area contributed by atoms with Gasteiger partial charge in [0.25, 0.3) is 0 Å². The average molecular weight is 224 g/mol. The molecule has 1 aromatic carbocycles. The van der Waals surface area contributed by atoms with Gasteiger partial charge in [0.05, 0.1) is 11.9 Å². The molecule has 0 atom stereocenters. The summed E-state index contributed by atoms with van der Waals surface area (Å²) in [5.41, 5.74) is -0.0918. The third-order valence-electron chi connectivity index (χ3n) is 1.77. The normalized spacial score (nSPS) is 8.33. The molecule has 0 bridgehead atoms. The molecule has 0 radical (unpaired) electrons. The number of carbonyl (C=O) groups excluding carboxylic acids is 2. The van der Waals surface area contributed by atoms with Crippen LogP contribution in [0.15, 0.2) is 18.2 Å². The molecule has 1 rings (SSSR count). The molecule has 0 aliphatic carbocycles. The first-order chi connectivity index (χ1) is 6.04. The maximum atomic E-state index is 10.5. The summed E-state index contributed by atoms with van der Waals surface area (Å²) < 4.78 is 0. The quantitative estimate of drug-likeness (QED) is 0.467. The fourth-order valence-electron chi connectivity index (χ4n) is 1.08. The first kappa shape index (κ1) is 17.6. The van der Waals surface area contributed by atoms with Gasteiger partial charge in [-0.1, -0.05) is 18.2 Å². The van der Waals surface area contributed by atoms with Crippen LogP contribution in [0.25, 0.3) is 0 Å². The van der Waals surface area contributed by atoms with Gasteiger partial charge in [0.15, 0.2) is 0 Å². The van der Waals surface area contributed by atoms with Crippen LogP contribution in [-0.2, 0) is 0 Å². The standard InChI is InChI=1S/C9H8O4.2Na/c1-5-6(8(10)11)3-2-4-7(5)9(12)13;;/h2-4H,1H3,(H,10,11)(H,12,13);;/q;2*+1/p-2. The first-order valence-corrected chi connectivity index (χ1v) is 3.56. The summed E-state index contributed by atoms with van der Waals surface area (Å²) in [6.45, 7) is 1.40. The van der Waals surface area contributed by atoms with Crippen LogP contribution in [0.5, 0.6) is 0 Å². The van der Waals surface area contributed by atoms with Crippen LogP contribution < -0.4 is 69.3 Å². The molecule has 4 nitrogen and oxygen atoms in total. The first-order valence-electron chi connectivity index (χ1n) is 3.56. The predicted octanol–water partition coefficient (Wildman–Crippen LogP) is -7.27. The summed E-state index contributed by atoms with van der Waals surface area (Å²) in [6.07, 6.45) is 0. The van der Waals surface area contributed by atoms with Crippen molar-refractivity contribution in [1.82, 2.24) is 0 Å². The number of carbonyl (C=O) groups is 2. The fraction of sp³-hybridized carbons (Fsp3) is 0.111. The average Bonchev–Trinajstić information content (AvgIpc) is 2.03. The van der Waals surface area contributed by atoms with Gasteiger partial charge in [-0.05, 0) is 12.5 Å². The Hall–Kier alpha value is 0.160. The second-order valence-electron chi connectivity index (χ2n) is 2.55. The molecule has 0 saturated carbocycles. The molecule has 0 saturated heterocycles. The van der Waals surface area contributed by atoms with Gasteiger partial charge in [-0.2, -0.15) is 0 Å². The number of aromatic carboxylic acids is 2. The zero-order valence-electron chi connectivity index (χ0n) is 8.87. The summed E-state index contributed by atoms with van der Waals surface area (Å²) in [5.74, 6) is -2.78. The molecule has 0 N–H and O–H groups in total. The Bertz CT molecular complexity index is 344. The van der Waals surface area contributed by atoms with Gasteiger partial charge >= 0.3 is 59.1 Å². The van der Waals surface area contributed by atoms with E-state index in [2.05, 4.69) is 0 Å². The summed E-state index contributed by atoms with van der Waals surface area (Å²) in [7, 11) is 0. The summed E-state index contributed by atoms with van der Waals surface area (Å²) in [4.78, 5) is 20.9. The molecule has 68 valence electrons. The molecule has 15 heavy (non-hydrogen) atoms. The monoisotopic (exact) mass is 224 g/mol. The fourth-order valence-corrected chi connectivity index (χ4v) is 1.08. The van der Waals surface area contributed by atoms with Crippen LogP contribution in [0.3, 0.4) is 0 Å². The molecule has 0 spiro atoms. The van der Waals surface area contributed by atoms with Crippen molar-refractivity contribution in [3.63, 3.8) is 0 Å². The van der Waals surface area contributed by atoms with Crippen LogP contribution in [0, 0.1) is 6.92 Å². The molecule has 0 aromatic heterocycles. The van der Waals surface area contributed by atoms with Crippen LogP contribution in [-0.4, -0.2) is 11.9 Å². The molecule has 0 unspecified atom stereocenters. The molecule has 0 fully saturated rings. The van der Waals surface area contributed by atoms with Crippen LogP contribution in [0.4, 0.5) is 0 Å². The molecular weight excluding hydrogens is 218 g/mol. The van der Waals surface area contributed by atoms with E-state index >= 15 is 0 Å². The van der Waals surface area contributed by atoms with Gasteiger partial charge in [-0.15, -0.1) is 0 Å². The maximum absolute atomic E-state index is 10.5. The second kappa shape index (κ2) is 7.44. The van der Waals surface area contributed by atoms with Gasteiger partial charge in [-0.25, -0.2) is 0 Å². The minimum Gasteiger partial charge on any atom is -0.545 e. The van der Waals surface area contributed by atoms with Crippen molar-refractivity contribution in [2.45, 2.75) is 6.92 Å². The van der Waals surface area contributed by atoms with E-state index in [9.17, 15) is 19.8 Å². The molecule has 6 heteroatoms.